The summed E-state index contributed by atoms with van der Waals surface area (Å²) in [7, 11) is 5.97. The number of carbonyl (C=O) groups excluding carboxylic acids is 2. The fourth-order valence-corrected chi connectivity index (χ4v) is 9.39. The van der Waals surface area contributed by atoms with Gasteiger partial charge in [0, 0.05) is 12.8 Å². The summed E-state index contributed by atoms with van der Waals surface area (Å²) in [6.45, 7) is 4.77. The van der Waals surface area contributed by atoms with E-state index in [-0.39, 0.29) is 32.2 Å². The van der Waals surface area contributed by atoms with E-state index in [2.05, 4.69) is 86.8 Å². The van der Waals surface area contributed by atoms with Gasteiger partial charge in [-0.3, -0.25) is 9.59 Å². The van der Waals surface area contributed by atoms with E-state index in [1.54, 1.807) is 0 Å². The Morgan fingerprint density at radius 1 is 0.392 bits per heavy atom. The van der Waals surface area contributed by atoms with Crippen LogP contribution in [0.25, 0.3) is 0 Å². The maximum absolute atomic E-state index is 12.9. The minimum Gasteiger partial charge on any atom is -0.477 e. The molecule has 2 atom stereocenters. The Morgan fingerprint density at radius 3 is 1.08 bits per heavy atom. The molecule has 9 heteroatoms. The van der Waals surface area contributed by atoms with Crippen molar-refractivity contribution in [2.75, 3.05) is 47.5 Å². The number of likely N-dealkylation sites (N-methyl/N-ethyl adjacent to an activating group) is 1. The van der Waals surface area contributed by atoms with Gasteiger partial charge < -0.3 is 28.5 Å². The molecule has 0 spiro atoms. The normalized spacial score (nSPS) is 13.2. The topological polar surface area (TPSA) is 108 Å². The smallest absolute Gasteiger partial charge is 0.361 e. The highest BCUT2D eigenvalue weighted by molar-refractivity contribution is 5.71. The molecule has 0 fully saturated rings. The van der Waals surface area contributed by atoms with Crippen LogP contribution in [0.1, 0.15) is 296 Å². The molecule has 0 aromatic heterocycles. The second kappa shape index (κ2) is 60.8. The summed E-state index contributed by atoms with van der Waals surface area (Å²) in [5.41, 5.74) is 0. The molecule has 79 heavy (non-hydrogen) atoms. The van der Waals surface area contributed by atoms with Crippen LogP contribution in [0.15, 0.2) is 72.9 Å². The number of carboxylic acids is 1. The average molecular weight is 1110 g/mol. The van der Waals surface area contributed by atoms with E-state index in [4.69, 9.17) is 18.9 Å². The zero-order valence-corrected chi connectivity index (χ0v) is 52.3. The minimum atomic E-state index is -1.51. The van der Waals surface area contributed by atoms with Crippen LogP contribution in [-0.2, 0) is 33.3 Å². The molecule has 9 nitrogen and oxygen atoms in total. The lowest BCUT2D eigenvalue weighted by molar-refractivity contribution is -0.870. The monoisotopic (exact) mass is 1110 g/mol. The maximum atomic E-state index is 12.9. The van der Waals surface area contributed by atoms with Crippen molar-refractivity contribution < 1.29 is 42.9 Å². The first kappa shape index (κ1) is 75.7. The Labute approximate surface area is 487 Å². The Hall–Kier alpha value is -3.27. The molecule has 458 valence electrons. The number of ether oxygens (including phenoxy) is 4. The standard InChI is InChI=1S/C70H125NO8/c1-6-8-10-12-14-16-18-20-22-24-26-28-29-30-31-32-33-34-35-36-37-38-39-41-42-44-46-48-50-52-54-56-58-60-67(72)77-64-66(65-78-70(69(74)75)76-63-62-71(3,4)5)79-68(73)61-59-57-55-53-51-49-47-45-43-40-27-25-23-21-19-17-15-13-11-9-7-2/h9,11,15,17-18,20-21,23-24,26-27,40,66,70H,6-8,10,12-14,16,19,22,25,28-39,41-65H2,1-5H3/p+1/b11-9-,17-15-,20-18-,23-21-,26-24-,40-27-. The highest BCUT2D eigenvalue weighted by atomic mass is 16.7. The first-order chi connectivity index (χ1) is 38.6. The van der Waals surface area contributed by atoms with Crippen molar-refractivity contribution in [2.24, 2.45) is 0 Å². The van der Waals surface area contributed by atoms with Crippen molar-refractivity contribution in [2.45, 2.75) is 309 Å². The number of allylic oxidation sites excluding steroid dienone is 12. The largest absolute Gasteiger partial charge is 0.477 e. The summed E-state index contributed by atoms with van der Waals surface area (Å²) in [5.74, 6) is -2.01. The first-order valence-electron chi connectivity index (χ1n) is 33.1. The Bertz CT molecular complexity index is 1520. The van der Waals surface area contributed by atoms with Gasteiger partial charge in [-0.1, -0.05) is 273 Å². The number of hydrogen-bond donors (Lipinski definition) is 1. The average Bonchev–Trinajstić information content (AvgIpc) is 3.42. The summed E-state index contributed by atoms with van der Waals surface area (Å²) in [6.07, 6.45) is 77.2. The number of carboxylic acid groups (broad SMARTS) is 1. The van der Waals surface area contributed by atoms with Crippen molar-refractivity contribution in [3.05, 3.63) is 72.9 Å². The van der Waals surface area contributed by atoms with Gasteiger partial charge in [-0.25, -0.2) is 4.79 Å². The van der Waals surface area contributed by atoms with E-state index < -0.39 is 24.3 Å². The van der Waals surface area contributed by atoms with Crippen LogP contribution in [0.4, 0.5) is 0 Å². The lowest BCUT2D eigenvalue weighted by atomic mass is 10.0. The fraction of sp³-hybridized carbons (Fsp3) is 0.786. The molecule has 0 bridgehead atoms. The lowest BCUT2D eigenvalue weighted by Gasteiger charge is -2.25. The molecule has 0 saturated heterocycles. The number of rotatable bonds is 61. The SMILES string of the molecule is CC/C=C\C/C=C\C/C=C\C/C=C\CCCCCCCCCCC(=O)OC(COC(=O)CCCCCCCCCCCCCCCCCCCCCCC/C=C\C/C=C\CCCCCCC)COC(OCC[N+](C)(C)C)C(=O)O. The summed E-state index contributed by atoms with van der Waals surface area (Å²) in [5, 5.41) is 9.73. The van der Waals surface area contributed by atoms with E-state index in [9.17, 15) is 19.5 Å². The van der Waals surface area contributed by atoms with Crippen molar-refractivity contribution in [3.63, 3.8) is 0 Å². The van der Waals surface area contributed by atoms with Crippen molar-refractivity contribution >= 4 is 17.9 Å². The highest BCUT2D eigenvalue weighted by Gasteiger charge is 2.25. The number of quaternary nitrogens is 1. The van der Waals surface area contributed by atoms with E-state index in [1.807, 2.05) is 21.1 Å². The molecule has 0 rings (SSSR count). The summed E-state index contributed by atoms with van der Waals surface area (Å²) in [4.78, 5) is 37.5. The summed E-state index contributed by atoms with van der Waals surface area (Å²) in [6, 6.07) is 0. The van der Waals surface area contributed by atoms with E-state index in [1.165, 1.54) is 186 Å². The zero-order valence-electron chi connectivity index (χ0n) is 52.3. The second-order valence-corrected chi connectivity index (χ2v) is 23.4. The number of nitrogens with zero attached hydrogens (tertiary/aromatic N) is 1. The van der Waals surface area contributed by atoms with Gasteiger partial charge in [0.1, 0.15) is 13.2 Å². The van der Waals surface area contributed by atoms with Crippen molar-refractivity contribution in [1.82, 2.24) is 0 Å². The van der Waals surface area contributed by atoms with Crippen LogP contribution in [0.2, 0.25) is 0 Å². The number of hydrogen-bond acceptors (Lipinski definition) is 7. The second-order valence-electron chi connectivity index (χ2n) is 23.4. The van der Waals surface area contributed by atoms with Crippen LogP contribution >= 0.6 is 0 Å². The van der Waals surface area contributed by atoms with E-state index >= 15 is 0 Å². The first-order valence-corrected chi connectivity index (χ1v) is 33.1. The van der Waals surface area contributed by atoms with Crippen LogP contribution in [0.5, 0.6) is 0 Å². The fourth-order valence-electron chi connectivity index (χ4n) is 9.39. The molecule has 0 aromatic rings. The number of aliphatic carboxylic acids is 1. The molecular weight excluding hydrogens is 983 g/mol. The quantitative estimate of drug-likeness (QED) is 0.0211. The third-order valence-electron chi connectivity index (χ3n) is 14.4. The lowest BCUT2D eigenvalue weighted by Crippen LogP contribution is -2.40. The Morgan fingerprint density at radius 2 is 0.722 bits per heavy atom. The number of esters is 2. The Balaban J connectivity index is 4.09. The van der Waals surface area contributed by atoms with E-state index in [0.29, 0.717) is 23.9 Å². The third-order valence-corrected chi connectivity index (χ3v) is 14.4. The maximum Gasteiger partial charge on any atom is 0.361 e. The molecular formula is C70H126NO8+. The molecule has 2 unspecified atom stereocenters. The predicted octanol–water partition coefficient (Wildman–Crippen LogP) is 20.1. The molecule has 0 aliphatic rings. The van der Waals surface area contributed by atoms with Crippen molar-refractivity contribution in [3.8, 4) is 0 Å². The van der Waals surface area contributed by atoms with Gasteiger partial charge in [-0.15, -0.1) is 0 Å². The van der Waals surface area contributed by atoms with Crippen LogP contribution in [0.3, 0.4) is 0 Å². The van der Waals surface area contributed by atoms with Crippen LogP contribution in [-0.4, -0.2) is 87.4 Å². The molecule has 0 saturated carbocycles. The minimum absolute atomic E-state index is 0.185. The summed E-state index contributed by atoms with van der Waals surface area (Å²) >= 11 is 0. The predicted molar refractivity (Wildman–Crippen MR) is 336 cm³/mol. The van der Waals surface area contributed by atoms with Gasteiger partial charge in [0.05, 0.1) is 34.4 Å². The molecule has 0 amide bonds. The van der Waals surface area contributed by atoms with Gasteiger partial charge in [0.2, 0.25) is 0 Å². The van der Waals surface area contributed by atoms with Gasteiger partial charge in [0.15, 0.2) is 6.10 Å². The molecule has 1 N–H and O–H groups in total. The number of carbonyl (C=O) groups is 3. The molecule has 0 aliphatic heterocycles. The zero-order chi connectivity index (χ0) is 57.6. The molecule has 0 aromatic carbocycles. The number of unbranched alkanes of at least 4 members (excludes halogenated alkanes) is 34. The van der Waals surface area contributed by atoms with E-state index in [0.717, 1.165) is 77.0 Å². The van der Waals surface area contributed by atoms with Gasteiger partial charge in [-0.2, -0.15) is 0 Å². The molecule has 0 aliphatic carbocycles. The van der Waals surface area contributed by atoms with Crippen LogP contribution in [0, 0.1) is 0 Å². The van der Waals surface area contributed by atoms with Gasteiger partial charge in [-0.05, 0) is 83.5 Å². The molecule has 0 heterocycles. The van der Waals surface area contributed by atoms with Gasteiger partial charge >= 0.3 is 17.9 Å². The highest BCUT2D eigenvalue weighted by Crippen LogP contribution is 2.17. The summed E-state index contributed by atoms with van der Waals surface area (Å²) < 4.78 is 22.9. The van der Waals surface area contributed by atoms with Gasteiger partial charge in [0.25, 0.3) is 6.29 Å². The Kier molecular flexibility index (Phi) is 58.3. The third kappa shape index (κ3) is 62.2. The van der Waals surface area contributed by atoms with Crippen molar-refractivity contribution in [1.29, 1.82) is 0 Å². The van der Waals surface area contributed by atoms with Crippen LogP contribution < -0.4 is 0 Å². The molecule has 0 radical (unpaired) electrons.